The van der Waals surface area contributed by atoms with Gasteiger partial charge in [-0.15, -0.1) is 0 Å². The number of benzene rings is 2. The number of rotatable bonds is 3. The van der Waals surface area contributed by atoms with Gasteiger partial charge in [-0.3, -0.25) is 0 Å². The molecule has 0 bridgehead atoms. The first kappa shape index (κ1) is 13.0. The first-order valence-electron chi connectivity index (χ1n) is 6.29. The molecule has 102 valence electrons. The molecule has 0 aliphatic carbocycles. The molecule has 0 aliphatic heterocycles. The average Bonchev–Trinajstić information content (AvgIpc) is 2.86. The van der Waals surface area contributed by atoms with Crippen LogP contribution in [0.1, 0.15) is 6.92 Å². The van der Waals surface area contributed by atoms with Crippen molar-refractivity contribution in [1.82, 2.24) is 9.97 Å². The highest BCUT2D eigenvalue weighted by atomic mass is 79.9. The fourth-order valence-electron chi connectivity index (χ4n) is 2.10. The number of aromatic nitrogens is 2. The fraction of sp³-hybridized carbons (Fsp3) is 0.133. The lowest BCUT2D eigenvalue weighted by molar-refractivity contribution is 0.318. The van der Waals surface area contributed by atoms with E-state index in [9.17, 15) is 5.11 Å². The fourth-order valence-corrected chi connectivity index (χ4v) is 2.54. The Labute approximate surface area is 124 Å². The number of nitrogens with one attached hydrogen (secondary N) is 1. The van der Waals surface area contributed by atoms with Crippen molar-refractivity contribution in [3.8, 4) is 22.9 Å². The largest absolute Gasteiger partial charge is 0.504 e. The molecule has 20 heavy (non-hydrogen) atoms. The predicted molar refractivity (Wildman–Crippen MR) is 82.1 cm³/mol. The Morgan fingerprint density at radius 2 is 2.10 bits per heavy atom. The molecule has 3 rings (SSSR count). The van der Waals surface area contributed by atoms with E-state index in [4.69, 9.17) is 4.74 Å². The number of fused-ring (bicyclic) bond motifs is 1. The summed E-state index contributed by atoms with van der Waals surface area (Å²) in [5, 5.41) is 10.3. The van der Waals surface area contributed by atoms with Gasteiger partial charge in [-0.1, -0.05) is 28.1 Å². The van der Waals surface area contributed by atoms with Crippen LogP contribution in [-0.2, 0) is 0 Å². The van der Waals surface area contributed by atoms with Crippen LogP contribution in [0.4, 0.5) is 0 Å². The first-order valence-corrected chi connectivity index (χ1v) is 7.08. The second-order valence-corrected chi connectivity index (χ2v) is 5.25. The van der Waals surface area contributed by atoms with Crippen LogP contribution >= 0.6 is 15.9 Å². The minimum absolute atomic E-state index is 0.0918. The van der Waals surface area contributed by atoms with E-state index in [2.05, 4.69) is 25.9 Å². The third-order valence-electron chi connectivity index (χ3n) is 2.98. The second-order valence-electron chi connectivity index (χ2n) is 4.34. The molecule has 3 aromatic rings. The predicted octanol–water partition coefficient (Wildman–Crippen LogP) is 4.10. The third kappa shape index (κ3) is 2.25. The lowest BCUT2D eigenvalue weighted by atomic mass is 10.2. The minimum Gasteiger partial charge on any atom is -0.504 e. The molecule has 2 aromatic carbocycles. The molecule has 0 saturated carbocycles. The quantitative estimate of drug-likeness (QED) is 0.759. The molecule has 0 spiro atoms. The Kier molecular flexibility index (Phi) is 3.36. The molecular formula is C15H13BrN2O2. The zero-order chi connectivity index (χ0) is 14.1. The Bertz CT molecular complexity index is 735. The van der Waals surface area contributed by atoms with Crippen molar-refractivity contribution in [3.05, 3.63) is 40.9 Å². The van der Waals surface area contributed by atoms with Crippen LogP contribution < -0.4 is 4.74 Å². The average molecular weight is 333 g/mol. The second kappa shape index (κ2) is 5.17. The number of hydrogen-bond acceptors (Lipinski definition) is 3. The number of ether oxygens (including phenoxy) is 1. The number of para-hydroxylation sites is 2. The van der Waals surface area contributed by atoms with E-state index in [-0.39, 0.29) is 5.75 Å². The summed E-state index contributed by atoms with van der Waals surface area (Å²) in [5.74, 6) is 1.15. The molecule has 0 saturated heterocycles. The zero-order valence-electron chi connectivity index (χ0n) is 10.9. The molecule has 0 radical (unpaired) electrons. The summed E-state index contributed by atoms with van der Waals surface area (Å²) in [6.07, 6.45) is 0. The van der Waals surface area contributed by atoms with Crippen LogP contribution in [0.15, 0.2) is 40.9 Å². The van der Waals surface area contributed by atoms with Crippen molar-refractivity contribution < 1.29 is 9.84 Å². The van der Waals surface area contributed by atoms with E-state index in [1.165, 1.54) is 0 Å². The molecular weight excluding hydrogens is 320 g/mol. The summed E-state index contributed by atoms with van der Waals surface area (Å²) >= 11 is 3.43. The Balaban J connectivity index is 2.17. The van der Waals surface area contributed by atoms with E-state index < -0.39 is 0 Å². The summed E-state index contributed by atoms with van der Waals surface area (Å²) in [7, 11) is 0. The number of H-pyrrole nitrogens is 1. The summed E-state index contributed by atoms with van der Waals surface area (Å²) in [5.41, 5.74) is 2.40. The molecule has 0 fully saturated rings. The van der Waals surface area contributed by atoms with Gasteiger partial charge >= 0.3 is 0 Å². The first-order chi connectivity index (χ1) is 9.69. The van der Waals surface area contributed by atoms with Gasteiger partial charge in [0.1, 0.15) is 5.82 Å². The van der Waals surface area contributed by atoms with Crippen LogP contribution in [-0.4, -0.2) is 21.7 Å². The number of aromatic amines is 1. The van der Waals surface area contributed by atoms with Crippen molar-refractivity contribution in [3.63, 3.8) is 0 Å². The number of phenols is 1. The van der Waals surface area contributed by atoms with Gasteiger partial charge in [0.25, 0.3) is 0 Å². The Morgan fingerprint density at radius 1 is 1.30 bits per heavy atom. The van der Waals surface area contributed by atoms with E-state index >= 15 is 0 Å². The van der Waals surface area contributed by atoms with Gasteiger partial charge in [-0.05, 0) is 31.2 Å². The maximum atomic E-state index is 10.3. The topological polar surface area (TPSA) is 58.1 Å². The van der Waals surface area contributed by atoms with Crippen LogP contribution in [0.3, 0.4) is 0 Å². The smallest absolute Gasteiger partial charge is 0.168 e. The lowest BCUT2D eigenvalue weighted by Gasteiger charge is -2.09. The number of phenolic OH excluding ortho intramolecular Hbond substituents is 1. The summed E-state index contributed by atoms with van der Waals surface area (Å²) in [6, 6.07) is 11.3. The van der Waals surface area contributed by atoms with Gasteiger partial charge in [0.15, 0.2) is 11.5 Å². The molecule has 1 aromatic heterocycles. The molecule has 4 nitrogen and oxygen atoms in total. The number of aromatic hydroxyl groups is 1. The van der Waals surface area contributed by atoms with Gasteiger partial charge in [-0.2, -0.15) is 0 Å². The van der Waals surface area contributed by atoms with Gasteiger partial charge in [0, 0.05) is 4.47 Å². The van der Waals surface area contributed by atoms with E-state index in [1.54, 1.807) is 6.07 Å². The molecule has 1 heterocycles. The van der Waals surface area contributed by atoms with Crippen molar-refractivity contribution in [2.45, 2.75) is 6.92 Å². The normalized spacial score (nSPS) is 10.9. The maximum absolute atomic E-state index is 10.3. The highest BCUT2D eigenvalue weighted by molar-refractivity contribution is 9.10. The van der Waals surface area contributed by atoms with Crippen LogP contribution in [0, 0.1) is 0 Å². The number of imidazole rings is 1. The Hall–Kier alpha value is -2.01. The number of hydrogen-bond donors (Lipinski definition) is 2. The van der Waals surface area contributed by atoms with Crippen molar-refractivity contribution in [2.75, 3.05) is 6.61 Å². The molecule has 2 N–H and O–H groups in total. The van der Waals surface area contributed by atoms with Crippen molar-refractivity contribution >= 4 is 27.0 Å². The van der Waals surface area contributed by atoms with Crippen molar-refractivity contribution in [2.24, 2.45) is 0 Å². The lowest BCUT2D eigenvalue weighted by Crippen LogP contribution is -1.93. The molecule has 0 aliphatic rings. The number of halogens is 1. The minimum atomic E-state index is 0.0918. The molecule has 0 atom stereocenters. The SMILES string of the molecule is CCOc1cc(Br)cc(-c2nc3ccccc3[nH]2)c1O. The zero-order valence-corrected chi connectivity index (χ0v) is 12.4. The maximum Gasteiger partial charge on any atom is 0.168 e. The molecule has 0 unspecified atom stereocenters. The van der Waals surface area contributed by atoms with Crippen LogP contribution in [0.2, 0.25) is 0 Å². The van der Waals surface area contributed by atoms with E-state index in [0.717, 1.165) is 15.5 Å². The molecule has 0 amide bonds. The standard InChI is InChI=1S/C15H13BrN2O2/c1-2-20-13-8-9(16)7-10(14(13)19)15-17-11-5-3-4-6-12(11)18-15/h3-8,19H,2H2,1H3,(H,17,18). The van der Waals surface area contributed by atoms with Gasteiger partial charge in [-0.25, -0.2) is 4.98 Å². The van der Waals surface area contributed by atoms with Gasteiger partial charge in [0.05, 0.1) is 23.2 Å². The van der Waals surface area contributed by atoms with Crippen LogP contribution in [0.25, 0.3) is 22.4 Å². The van der Waals surface area contributed by atoms with Gasteiger partial charge in [0.2, 0.25) is 0 Å². The highest BCUT2D eigenvalue weighted by Gasteiger charge is 2.15. The highest BCUT2D eigenvalue weighted by Crippen LogP contribution is 2.39. The van der Waals surface area contributed by atoms with Crippen LogP contribution in [0.5, 0.6) is 11.5 Å². The summed E-state index contributed by atoms with van der Waals surface area (Å²) in [6.45, 7) is 2.37. The third-order valence-corrected chi connectivity index (χ3v) is 3.44. The summed E-state index contributed by atoms with van der Waals surface area (Å²) in [4.78, 5) is 7.70. The van der Waals surface area contributed by atoms with E-state index in [1.807, 2.05) is 37.3 Å². The molecule has 5 heteroatoms. The Morgan fingerprint density at radius 3 is 2.85 bits per heavy atom. The van der Waals surface area contributed by atoms with Crippen molar-refractivity contribution in [1.29, 1.82) is 0 Å². The van der Waals surface area contributed by atoms with E-state index in [0.29, 0.717) is 23.7 Å². The monoisotopic (exact) mass is 332 g/mol. The number of nitrogens with zero attached hydrogens (tertiary/aromatic N) is 1. The van der Waals surface area contributed by atoms with Gasteiger partial charge < -0.3 is 14.8 Å². The summed E-state index contributed by atoms with van der Waals surface area (Å²) < 4.78 is 6.26.